The summed E-state index contributed by atoms with van der Waals surface area (Å²) in [6.07, 6.45) is 0. The van der Waals surface area contributed by atoms with Gasteiger partial charge in [-0.1, -0.05) is 41.7 Å². The van der Waals surface area contributed by atoms with Crippen LogP contribution in [0.5, 0.6) is 5.75 Å². The second-order valence-electron chi connectivity index (χ2n) is 5.95. The molecule has 0 spiro atoms. The van der Waals surface area contributed by atoms with Crippen molar-refractivity contribution in [3.63, 3.8) is 0 Å². The van der Waals surface area contributed by atoms with E-state index in [1.807, 2.05) is 51.1 Å². The van der Waals surface area contributed by atoms with Gasteiger partial charge in [-0.15, -0.1) is 0 Å². The number of carbonyl (C=O) groups is 1. The van der Waals surface area contributed by atoms with E-state index in [1.165, 1.54) is 11.3 Å². The number of thiazole rings is 1. The Kier molecular flexibility index (Phi) is 5.49. The lowest BCUT2D eigenvalue weighted by Gasteiger charge is -2.10. The molecule has 0 fully saturated rings. The minimum absolute atomic E-state index is 0.106. The molecule has 3 rings (SSSR count). The van der Waals surface area contributed by atoms with Gasteiger partial charge in [0, 0.05) is 0 Å². The van der Waals surface area contributed by atoms with E-state index < -0.39 is 0 Å². The van der Waals surface area contributed by atoms with Crippen molar-refractivity contribution >= 4 is 49.9 Å². The van der Waals surface area contributed by atoms with Crippen LogP contribution in [0, 0.1) is 20.8 Å². The van der Waals surface area contributed by atoms with Gasteiger partial charge in [-0.25, -0.2) is 4.98 Å². The number of anilines is 1. The predicted octanol–water partition coefficient (Wildman–Crippen LogP) is 4.11. The summed E-state index contributed by atoms with van der Waals surface area (Å²) >= 11 is 6.72. The van der Waals surface area contributed by atoms with Crippen LogP contribution in [0.4, 0.5) is 5.13 Å². The lowest BCUT2D eigenvalue weighted by atomic mass is 10.1. The Labute approximate surface area is 161 Å². The van der Waals surface area contributed by atoms with Crippen molar-refractivity contribution < 1.29 is 9.53 Å². The molecule has 0 unspecified atom stereocenters. The number of aryl methyl sites for hydroxylation is 3. The zero-order valence-electron chi connectivity index (χ0n) is 14.8. The van der Waals surface area contributed by atoms with E-state index in [9.17, 15) is 4.79 Å². The Morgan fingerprint density at radius 3 is 2.58 bits per heavy atom. The summed E-state index contributed by atoms with van der Waals surface area (Å²) in [5, 5.41) is 6.45. The summed E-state index contributed by atoms with van der Waals surface area (Å²) in [6, 6.07) is 11.7. The number of nitrogens with zero attached hydrogens (tertiary/aromatic N) is 1. The van der Waals surface area contributed by atoms with Crippen LogP contribution in [-0.4, -0.2) is 22.6 Å². The first-order chi connectivity index (χ1) is 12.4. The van der Waals surface area contributed by atoms with E-state index in [4.69, 9.17) is 17.0 Å². The molecule has 0 aliphatic rings. The lowest BCUT2D eigenvalue weighted by Crippen LogP contribution is -2.37. The number of hydrogen-bond acceptors (Lipinski definition) is 5. The van der Waals surface area contributed by atoms with Crippen LogP contribution < -0.4 is 15.4 Å². The molecule has 2 aromatic carbocycles. The summed E-state index contributed by atoms with van der Waals surface area (Å²) in [4.78, 5) is 16.6. The molecule has 1 heterocycles. The van der Waals surface area contributed by atoms with Crippen molar-refractivity contribution in [2.45, 2.75) is 20.8 Å². The molecule has 1 aromatic heterocycles. The van der Waals surface area contributed by atoms with Crippen LogP contribution >= 0.6 is 23.6 Å². The van der Waals surface area contributed by atoms with E-state index in [1.54, 1.807) is 0 Å². The van der Waals surface area contributed by atoms with Gasteiger partial charge in [0.25, 0.3) is 5.91 Å². The summed E-state index contributed by atoms with van der Waals surface area (Å²) in [5.74, 6) is 0.359. The van der Waals surface area contributed by atoms with E-state index >= 15 is 0 Å². The maximum atomic E-state index is 12.0. The number of aromatic nitrogens is 1. The molecule has 1 amide bonds. The van der Waals surface area contributed by atoms with E-state index in [-0.39, 0.29) is 17.6 Å². The number of carbonyl (C=O) groups excluding carboxylic acids is 1. The first-order valence-corrected chi connectivity index (χ1v) is 9.32. The summed E-state index contributed by atoms with van der Waals surface area (Å²) in [7, 11) is 0. The first kappa shape index (κ1) is 18.3. The van der Waals surface area contributed by atoms with Gasteiger partial charge in [-0.3, -0.25) is 10.1 Å². The highest BCUT2D eigenvalue weighted by molar-refractivity contribution is 7.80. The van der Waals surface area contributed by atoms with Crippen molar-refractivity contribution in [2.24, 2.45) is 0 Å². The molecule has 7 heteroatoms. The number of hydrogen-bond donors (Lipinski definition) is 2. The Hall–Kier alpha value is -2.51. The fraction of sp³-hybridized carbons (Fsp3) is 0.211. The number of thiocarbonyl (C=S) groups is 1. The predicted molar refractivity (Wildman–Crippen MR) is 110 cm³/mol. The van der Waals surface area contributed by atoms with Crippen LogP contribution in [0.3, 0.4) is 0 Å². The molecular formula is C19H19N3O2S2. The second kappa shape index (κ2) is 7.80. The van der Waals surface area contributed by atoms with Gasteiger partial charge in [-0.2, -0.15) is 0 Å². The fourth-order valence-corrected chi connectivity index (χ4v) is 3.76. The molecule has 0 atom stereocenters. The number of amides is 1. The SMILES string of the molecule is Cc1ccccc1OCC(=O)NC(=S)Nc1nc2c(C)ccc(C)c2s1. The van der Waals surface area contributed by atoms with Crippen molar-refractivity contribution in [3.8, 4) is 5.75 Å². The van der Waals surface area contributed by atoms with Gasteiger partial charge in [0.2, 0.25) is 0 Å². The largest absolute Gasteiger partial charge is 0.483 e. The molecule has 0 aliphatic heterocycles. The van der Waals surface area contributed by atoms with Crippen LogP contribution in [-0.2, 0) is 4.79 Å². The molecule has 0 bridgehead atoms. The Morgan fingerprint density at radius 2 is 1.85 bits per heavy atom. The lowest BCUT2D eigenvalue weighted by molar-refractivity contribution is -0.121. The van der Waals surface area contributed by atoms with Gasteiger partial charge in [-0.05, 0) is 55.7 Å². The van der Waals surface area contributed by atoms with Gasteiger partial charge in [0.1, 0.15) is 5.75 Å². The van der Waals surface area contributed by atoms with E-state index in [0.29, 0.717) is 10.9 Å². The highest BCUT2D eigenvalue weighted by Gasteiger charge is 2.11. The van der Waals surface area contributed by atoms with Crippen molar-refractivity contribution in [1.82, 2.24) is 10.3 Å². The average Bonchev–Trinajstić information content (AvgIpc) is 3.02. The third-order valence-corrected chi connectivity index (χ3v) is 5.18. The molecule has 0 saturated carbocycles. The van der Waals surface area contributed by atoms with Crippen molar-refractivity contribution in [1.29, 1.82) is 0 Å². The number of benzene rings is 2. The Morgan fingerprint density at radius 1 is 1.12 bits per heavy atom. The van der Waals surface area contributed by atoms with E-state index in [0.717, 1.165) is 26.9 Å². The van der Waals surface area contributed by atoms with Crippen molar-refractivity contribution in [3.05, 3.63) is 53.1 Å². The Bertz CT molecular complexity index is 943. The summed E-state index contributed by atoms with van der Waals surface area (Å²) in [6.45, 7) is 5.89. The van der Waals surface area contributed by atoms with Gasteiger partial charge in [0.15, 0.2) is 16.9 Å². The fourth-order valence-electron chi connectivity index (χ4n) is 2.47. The number of rotatable bonds is 4. The zero-order chi connectivity index (χ0) is 18.7. The molecule has 2 N–H and O–H groups in total. The first-order valence-electron chi connectivity index (χ1n) is 8.10. The number of ether oxygens (including phenoxy) is 1. The second-order valence-corrected chi connectivity index (χ2v) is 7.36. The van der Waals surface area contributed by atoms with E-state index in [2.05, 4.69) is 21.7 Å². The monoisotopic (exact) mass is 385 g/mol. The minimum atomic E-state index is -0.320. The molecule has 134 valence electrons. The third kappa shape index (κ3) is 4.17. The molecule has 26 heavy (non-hydrogen) atoms. The number of fused-ring (bicyclic) bond motifs is 1. The average molecular weight is 386 g/mol. The quantitative estimate of drug-likeness (QED) is 0.662. The maximum absolute atomic E-state index is 12.0. The summed E-state index contributed by atoms with van der Waals surface area (Å²) in [5.41, 5.74) is 4.20. The van der Waals surface area contributed by atoms with Crippen molar-refractivity contribution in [2.75, 3.05) is 11.9 Å². The van der Waals surface area contributed by atoms with Crippen LogP contribution in [0.15, 0.2) is 36.4 Å². The minimum Gasteiger partial charge on any atom is -0.483 e. The highest BCUT2D eigenvalue weighted by Crippen LogP contribution is 2.30. The van der Waals surface area contributed by atoms with Gasteiger partial charge >= 0.3 is 0 Å². The van der Waals surface area contributed by atoms with Crippen LogP contribution in [0.25, 0.3) is 10.2 Å². The molecule has 5 nitrogen and oxygen atoms in total. The smallest absolute Gasteiger partial charge is 0.264 e. The topological polar surface area (TPSA) is 63.2 Å². The number of nitrogens with one attached hydrogen (secondary N) is 2. The molecule has 0 aliphatic carbocycles. The van der Waals surface area contributed by atoms with Gasteiger partial charge in [0.05, 0.1) is 10.2 Å². The van der Waals surface area contributed by atoms with Gasteiger partial charge < -0.3 is 10.1 Å². The van der Waals surface area contributed by atoms with Crippen LogP contribution in [0.1, 0.15) is 16.7 Å². The highest BCUT2D eigenvalue weighted by atomic mass is 32.1. The maximum Gasteiger partial charge on any atom is 0.264 e. The third-order valence-electron chi connectivity index (χ3n) is 3.87. The summed E-state index contributed by atoms with van der Waals surface area (Å²) < 4.78 is 6.63. The normalized spacial score (nSPS) is 10.6. The molecule has 0 saturated heterocycles. The number of para-hydroxylation sites is 1. The van der Waals surface area contributed by atoms with Crippen LogP contribution in [0.2, 0.25) is 0 Å². The molecule has 3 aromatic rings. The Balaban J connectivity index is 1.58. The molecule has 0 radical (unpaired) electrons. The zero-order valence-corrected chi connectivity index (χ0v) is 16.4. The molecular weight excluding hydrogens is 366 g/mol. The standard InChI is InChI=1S/C19H19N3O2S2/c1-11-6-4-5-7-14(11)24-10-15(23)20-18(25)22-19-21-16-12(2)8-9-13(3)17(16)26-19/h4-9H,10H2,1-3H3,(H2,20,21,22,23,25).